The van der Waals surface area contributed by atoms with E-state index in [2.05, 4.69) is 5.10 Å². The summed E-state index contributed by atoms with van der Waals surface area (Å²) < 4.78 is 38.5. The third-order valence-corrected chi connectivity index (χ3v) is 2.40. The van der Waals surface area contributed by atoms with Crippen molar-refractivity contribution in [1.29, 1.82) is 0 Å². The predicted octanol–water partition coefficient (Wildman–Crippen LogP) is 2.78. The van der Waals surface area contributed by atoms with Gasteiger partial charge in [0.1, 0.15) is 0 Å². The van der Waals surface area contributed by atoms with Crippen LogP contribution in [0.3, 0.4) is 0 Å². The average Bonchev–Trinajstić information content (AvgIpc) is 2.58. The van der Waals surface area contributed by atoms with Gasteiger partial charge in [0, 0.05) is 0 Å². The minimum absolute atomic E-state index is 0.505. The lowest BCUT2D eigenvalue weighted by Crippen LogP contribution is -2.05. The van der Waals surface area contributed by atoms with Gasteiger partial charge in [-0.25, -0.2) is 4.68 Å². The first-order chi connectivity index (χ1) is 7.88. The van der Waals surface area contributed by atoms with Gasteiger partial charge in [-0.15, -0.1) is 0 Å². The topological polar surface area (TPSA) is 43.8 Å². The maximum absolute atomic E-state index is 12.3. The fourth-order valence-electron chi connectivity index (χ4n) is 1.41. The zero-order chi connectivity index (χ0) is 12.6. The summed E-state index contributed by atoms with van der Waals surface area (Å²) in [6, 6.07) is 4.74. The number of hydrogen-bond donors (Lipinski definition) is 1. The summed E-state index contributed by atoms with van der Waals surface area (Å²) in [7, 11) is 0. The molecule has 17 heavy (non-hydrogen) atoms. The van der Waals surface area contributed by atoms with E-state index in [0.717, 1.165) is 12.1 Å². The van der Waals surface area contributed by atoms with E-state index in [9.17, 15) is 13.2 Å². The van der Waals surface area contributed by atoms with Gasteiger partial charge in [0.15, 0.2) is 0 Å². The number of alkyl halides is 3. The van der Waals surface area contributed by atoms with E-state index in [0.29, 0.717) is 17.1 Å². The molecule has 0 radical (unpaired) electrons. The molecule has 2 N–H and O–H groups in total. The summed E-state index contributed by atoms with van der Waals surface area (Å²) >= 11 is 0. The van der Waals surface area contributed by atoms with Crippen molar-refractivity contribution < 1.29 is 13.2 Å². The maximum Gasteiger partial charge on any atom is 0.416 e. The van der Waals surface area contributed by atoms with Crippen LogP contribution in [0.15, 0.2) is 30.5 Å². The molecule has 0 bridgehead atoms. The van der Waals surface area contributed by atoms with Crippen molar-refractivity contribution in [2.45, 2.75) is 13.1 Å². The number of nitrogen functional groups attached to an aromatic ring is 1. The van der Waals surface area contributed by atoms with Gasteiger partial charge in [-0.2, -0.15) is 18.3 Å². The first-order valence-corrected chi connectivity index (χ1v) is 4.87. The van der Waals surface area contributed by atoms with E-state index < -0.39 is 11.7 Å². The number of rotatable bonds is 1. The zero-order valence-corrected chi connectivity index (χ0v) is 8.99. The van der Waals surface area contributed by atoms with Crippen molar-refractivity contribution in [1.82, 2.24) is 9.78 Å². The Balaban J connectivity index is 2.36. The number of aryl methyl sites for hydroxylation is 1. The fraction of sp³-hybridized carbons (Fsp3) is 0.182. The van der Waals surface area contributed by atoms with Crippen LogP contribution >= 0.6 is 0 Å². The number of halogens is 3. The first kappa shape index (κ1) is 11.5. The second-order valence-electron chi connectivity index (χ2n) is 3.66. The van der Waals surface area contributed by atoms with Crippen LogP contribution in [-0.2, 0) is 6.18 Å². The van der Waals surface area contributed by atoms with Gasteiger partial charge in [0.05, 0.1) is 28.8 Å². The molecule has 0 atom stereocenters. The number of nitrogens with two attached hydrogens (primary N) is 1. The number of anilines is 1. The minimum atomic E-state index is -4.32. The quantitative estimate of drug-likeness (QED) is 0.834. The van der Waals surface area contributed by atoms with Crippen LogP contribution in [0, 0.1) is 6.92 Å². The van der Waals surface area contributed by atoms with Gasteiger partial charge in [0.2, 0.25) is 0 Å². The predicted molar refractivity (Wildman–Crippen MR) is 57.7 cm³/mol. The first-order valence-electron chi connectivity index (χ1n) is 4.87. The summed E-state index contributed by atoms with van der Waals surface area (Å²) in [6.07, 6.45) is -2.75. The number of aromatic nitrogens is 2. The van der Waals surface area contributed by atoms with Crippen molar-refractivity contribution in [3.05, 3.63) is 41.7 Å². The molecule has 0 saturated carbocycles. The highest BCUT2D eigenvalue weighted by atomic mass is 19.4. The number of benzene rings is 1. The normalized spacial score (nSPS) is 11.8. The van der Waals surface area contributed by atoms with E-state index in [-0.39, 0.29) is 0 Å². The Morgan fingerprint density at radius 1 is 1.18 bits per heavy atom. The Kier molecular flexibility index (Phi) is 2.57. The summed E-state index contributed by atoms with van der Waals surface area (Å²) in [5.74, 6) is 0. The van der Waals surface area contributed by atoms with Crippen molar-refractivity contribution in [3.8, 4) is 5.69 Å². The van der Waals surface area contributed by atoms with Crippen LogP contribution in [-0.4, -0.2) is 9.78 Å². The van der Waals surface area contributed by atoms with E-state index in [4.69, 9.17) is 5.73 Å². The van der Waals surface area contributed by atoms with Crippen LogP contribution in [0.4, 0.5) is 18.9 Å². The monoisotopic (exact) mass is 241 g/mol. The standard InChI is InChI=1S/C11H10F3N3/c1-7-10(15)6-17(16-7)9-4-2-8(3-5-9)11(12,13)14/h2-6H,15H2,1H3. The van der Waals surface area contributed by atoms with Crippen molar-refractivity contribution >= 4 is 5.69 Å². The highest BCUT2D eigenvalue weighted by Crippen LogP contribution is 2.29. The third kappa shape index (κ3) is 2.25. The maximum atomic E-state index is 12.3. The minimum Gasteiger partial charge on any atom is -0.396 e. The molecule has 1 heterocycles. The molecule has 2 rings (SSSR count). The lowest BCUT2D eigenvalue weighted by molar-refractivity contribution is -0.137. The van der Waals surface area contributed by atoms with Crippen LogP contribution in [0.1, 0.15) is 11.3 Å². The lowest BCUT2D eigenvalue weighted by Gasteiger charge is -2.07. The Morgan fingerprint density at radius 3 is 2.18 bits per heavy atom. The molecule has 0 aliphatic rings. The molecule has 0 amide bonds. The molecular weight excluding hydrogens is 231 g/mol. The molecule has 0 aliphatic heterocycles. The molecule has 0 unspecified atom stereocenters. The van der Waals surface area contributed by atoms with E-state index in [1.54, 1.807) is 13.1 Å². The molecule has 3 nitrogen and oxygen atoms in total. The lowest BCUT2D eigenvalue weighted by atomic mass is 10.2. The SMILES string of the molecule is Cc1nn(-c2ccc(C(F)(F)F)cc2)cc1N. The second-order valence-corrected chi connectivity index (χ2v) is 3.66. The third-order valence-electron chi connectivity index (χ3n) is 2.40. The molecule has 6 heteroatoms. The zero-order valence-electron chi connectivity index (χ0n) is 8.99. The molecule has 1 aromatic carbocycles. The highest BCUT2D eigenvalue weighted by molar-refractivity contribution is 5.44. The van der Waals surface area contributed by atoms with Crippen LogP contribution in [0.5, 0.6) is 0 Å². The molecule has 2 aromatic rings. The molecule has 0 spiro atoms. The van der Waals surface area contributed by atoms with Gasteiger partial charge in [0.25, 0.3) is 0 Å². The molecule has 0 fully saturated rings. The van der Waals surface area contributed by atoms with Crippen molar-refractivity contribution in [2.75, 3.05) is 5.73 Å². The van der Waals surface area contributed by atoms with Crippen LogP contribution in [0.2, 0.25) is 0 Å². The molecular formula is C11H10F3N3. The van der Waals surface area contributed by atoms with Gasteiger partial charge < -0.3 is 5.73 Å². The summed E-state index contributed by atoms with van der Waals surface area (Å²) in [5.41, 5.74) is 6.62. The van der Waals surface area contributed by atoms with Gasteiger partial charge in [-0.1, -0.05) is 0 Å². The number of nitrogens with zero attached hydrogens (tertiary/aromatic N) is 2. The van der Waals surface area contributed by atoms with Crippen LogP contribution < -0.4 is 5.73 Å². The van der Waals surface area contributed by atoms with Crippen molar-refractivity contribution in [2.24, 2.45) is 0 Å². The van der Waals surface area contributed by atoms with Crippen molar-refractivity contribution in [3.63, 3.8) is 0 Å². The Morgan fingerprint density at radius 2 is 1.76 bits per heavy atom. The van der Waals surface area contributed by atoms with E-state index in [1.807, 2.05) is 0 Å². The summed E-state index contributed by atoms with van der Waals surface area (Å²) in [4.78, 5) is 0. The molecule has 0 saturated heterocycles. The number of hydrogen-bond acceptors (Lipinski definition) is 2. The largest absolute Gasteiger partial charge is 0.416 e. The van der Waals surface area contributed by atoms with E-state index in [1.165, 1.54) is 16.8 Å². The fourth-order valence-corrected chi connectivity index (χ4v) is 1.41. The van der Waals surface area contributed by atoms with Gasteiger partial charge >= 0.3 is 6.18 Å². The molecule has 1 aromatic heterocycles. The van der Waals surface area contributed by atoms with Gasteiger partial charge in [-0.3, -0.25) is 0 Å². The summed E-state index contributed by atoms with van der Waals surface area (Å²) in [6.45, 7) is 1.73. The smallest absolute Gasteiger partial charge is 0.396 e. The highest BCUT2D eigenvalue weighted by Gasteiger charge is 2.30. The van der Waals surface area contributed by atoms with Gasteiger partial charge in [-0.05, 0) is 31.2 Å². The Bertz CT molecular complexity index is 506. The second kappa shape index (κ2) is 3.80. The van der Waals surface area contributed by atoms with E-state index >= 15 is 0 Å². The average molecular weight is 241 g/mol. The van der Waals surface area contributed by atoms with Crippen LogP contribution in [0.25, 0.3) is 5.69 Å². The molecule has 0 aliphatic carbocycles. The molecule has 90 valence electrons. The Labute approximate surface area is 95.7 Å². The Hall–Kier alpha value is -1.98. The summed E-state index contributed by atoms with van der Waals surface area (Å²) in [5, 5.41) is 4.08.